The summed E-state index contributed by atoms with van der Waals surface area (Å²) in [7, 11) is 1.54. The van der Waals surface area contributed by atoms with Crippen LogP contribution in [-0.2, 0) is 11.4 Å². The van der Waals surface area contributed by atoms with E-state index in [9.17, 15) is 10.1 Å². The maximum atomic E-state index is 12.6. The van der Waals surface area contributed by atoms with E-state index in [4.69, 9.17) is 9.47 Å². The van der Waals surface area contributed by atoms with Crippen LogP contribution in [0.25, 0.3) is 6.08 Å². The molecule has 3 aromatic carbocycles. The summed E-state index contributed by atoms with van der Waals surface area (Å²) in [6.07, 6.45) is 1.50. The van der Waals surface area contributed by atoms with Crippen molar-refractivity contribution in [1.82, 2.24) is 0 Å². The molecule has 1 N–H and O–H groups in total. The number of methoxy groups -OCH3 is 1. The van der Waals surface area contributed by atoms with Crippen LogP contribution in [0.2, 0.25) is 0 Å². The van der Waals surface area contributed by atoms with Crippen molar-refractivity contribution in [3.05, 3.63) is 90.8 Å². The van der Waals surface area contributed by atoms with Gasteiger partial charge >= 0.3 is 0 Å². The van der Waals surface area contributed by atoms with Crippen LogP contribution in [-0.4, -0.2) is 13.0 Å². The molecule has 0 saturated carbocycles. The number of nitrogens with one attached hydrogen (secondary N) is 1. The van der Waals surface area contributed by atoms with Crippen molar-refractivity contribution in [3.63, 3.8) is 0 Å². The number of carbonyl (C=O) groups is 1. The van der Waals surface area contributed by atoms with Crippen LogP contribution in [0.4, 0.5) is 5.69 Å². The van der Waals surface area contributed by atoms with E-state index in [1.165, 1.54) is 13.2 Å². The number of rotatable bonds is 7. The maximum absolute atomic E-state index is 12.6. The van der Waals surface area contributed by atoms with E-state index in [-0.39, 0.29) is 5.57 Å². The van der Waals surface area contributed by atoms with E-state index in [1.54, 1.807) is 36.4 Å². The molecule has 3 aromatic rings. The second-order valence-corrected chi connectivity index (χ2v) is 9.26. The minimum absolute atomic E-state index is 0.0424. The van der Waals surface area contributed by atoms with Gasteiger partial charge < -0.3 is 14.8 Å². The van der Waals surface area contributed by atoms with E-state index in [2.05, 4.69) is 53.1 Å². The van der Waals surface area contributed by atoms with Gasteiger partial charge in [-0.3, -0.25) is 4.79 Å². The molecule has 3 rings (SSSR count). The topological polar surface area (TPSA) is 71.3 Å². The third-order valence-electron chi connectivity index (χ3n) is 4.36. The Morgan fingerprint density at radius 2 is 1.62 bits per heavy atom. The lowest BCUT2D eigenvalue weighted by Gasteiger charge is -2.13. The molecular formula is C24H17Br3N2O3. The summed E-state index contributed by atoms with van der Waals surface area (Å²) in [6.45, 7) is 0.365. The number of amides is 1. The lowest BCUT2D eigenvalue weighted by Crippen LogP contribution is -2.13. The van der Waals surface area contributed by atoms with Crippen molar-refractivity contribution < 1.29 is 14.3 Å². The van der Waals surface area contributed by atoms with Crippen LogP contribution in [0.1, 0.15) is 11.1 Å². The number of nitrogens with zero attached hydrogens (tertiary/aromatic N) is 1. The average molecular weight is 621 g/mol. The van der Waals surface area contributed by atoms with E-state index < -0.39 is 5.91 Å². The molecule has 1 amide bonds. The number of nitriles is 1. The normalized spacial score (nSPS) is 10.9. The Hall–Kier alpha value is -2.60. The molecule has 0 radical (unpaired) electrons. The zero-order valence-corrected chi connectivity index (χ0v) is 21.6. The number of hydrogen-bond donors (Lipinski definition) is 1. The highest BCUT2D eigenvalue weighted by Gasteiger charge is 2.14. The molecular weight excluding hydrogens is 604 g/mol. The molecule has 0 saturated heterocycles. The summed E-state index contributed by atoms with van der Waals surface area (Å²) in [5.74, 6) is 0.524. The van der Waals surface area contributed by atoms with Gasteiger partial charge in [0.05, 0.1) is 7.11 Å². The van der Waals surface area contributed by atoms with Crippen molar-refractivity contribution >= 4 is 65.5 Å². The van der Waals surface area contributed by atoms with Gasteiger partial charge in [0.2, 0.25) is 0 Å². The number of carbonyl (C=O) groups excluding carboxylic acids is 1. The van der Waals surface area contributed by atoms with Gasteiger partial charge in [-0.2, -0.15) is 5.26 Å². The molecule has 0 aliphatic heterocycles. The number of halogens is 3. The van der Waals surface area contributed by atoms with Crippen LogP contribution in [0.5, 0.6) is 11.5 Å². The summed E-state index contributed by atoms with van der Waals surface area (Å²) >= 11 is 10.3. The maximum Gasteiger partial charge on any atom is 0.266 e. The van der Waals surface area contributed by atoms with E-state index in [0.717, 1.165) is 14.5 Å². The summed E-state index contributed by atoms with van der Waals surface area (Å²) in [6, 6.07) is 20.3. The number of ether oxygens (including phenoxy) is 2. The van der Waals surface area contributed by atoms with Crippen LogP contribution < -0.4 is 14.8 Å². The quantitative estimate of drug-likeness (QED) is 0.226. The molecule has 0 aliphatic carbocycles. The summed E-state index contributed by atoms with van der Waals surface area (Å²) < 4.78 is 13.9. The molecule has 0 spiro atoms. The molecule has 32 heavy (non-hydrogen) atoms. The minimum Gasteiger partial charge on any atom is -0.493 e. The van der Waals surface area contributed by atoms with Crippen molar-refractivity contribution in [2.75, 3.05) is 12.4 Å². The lowest BCUT2D eigenvalue weighted by atomic mass is 10.1. The molecule has 162 valence electrons. The molecule has 0 aromatic heterocycles. The number of hydrogen-bond acceptors (Lipinski definition) is 4. The monoisotopic (exact) mass is 618 g/mol. The molecule has 0 fully saturated rings. The van der Waals surface area contributed by atoms with Crippen LogP contribution in [0.15, 0.2) is 79.7 Å². The molecule has 0 atom stereocenters. The Morgan fingerprint density at radius 3 is 2.22 bits per heavy atom. The highest BCUT2D eigenvalue weighted by Crippen LogP contribution is 2.35. The second kappa shape index (κ2) is 11.3. The van der Waals surface area contributed by atoms with Gasteiger partial charge in [0.1, 0.15) is 18.2 Å². The van der Waals surface area contributed by atoms with Crippen molar-refractivity contribution in [2.45, 2.75) is 6.61 Å². The summed E-state index contributed by atoms with van der Waals surface area (Å²) in [5.41, 5.74) is 2.17. The Kier molecular flexibility index (Phi) is 8.51. The Morgan fingerprint density at radius 1 is 1.00 bits per heavy atom. The third-order valence-corrected chi connectivity index (χ3v) is 6.10. The van der Waals surface area contributed by atoms with Gasteiger partial charge in [0.25, 0.3) is 5.91 Å². The molecule has 0 heterocycles. The molecule has 0 aliphatic rings. The van der Waals surface area contributed by atoms with Gasteiger partial charge in [0.15, 0.2) is 11.5 Å². The van der Waals surface area contributed by atoms with Gasteiger partial charge in [-0.25, -0.2) is 0 Å². The van der Waals surface area contributed by atoms with Crippen molar-refractivity contribution in [2.24, 2.45) is 0 Å². The minimum atomic E-state index is -0.503. The molecule has 5 nitrogen and oxygen atoms in total. The highest BCUT2D eigenvalue weighted by atomic mass is 79.9. The highest BCUT2D eigenvalue weighted by molar-refractivity contribution is 9.11. The first-order valence-corrected chi connectivity index (χ1v) is 11.7. The van der Waals surface area contributed by atoms with Crippen molar-refractivity contribution in [1.29, 1.82) is 5.26 Å². The zero-order chi connectivity index (χ0) is 23.1. The Labute approximate surface area is 211 Å². The van der Waals surface area contributed by atoms with Gasteiger partial charge in [-0.05, 0) is 65.7 Å². The molecule has 0 bridgehead atoms. The lowest BCUT2D eigenvalue weighted by molar-refractivity contribution is -0.112. The van der Waals surface area contributed by atoms with Gasteiger partial charge in [-0.1, -0.05) is 59.9 Å². The fourth-order valence-electron chi connectivity index (χ4n) is 2.71. The van der Waals surface area contributed by atoms with E-state index >= 15 is 0 Å². The standard InChI is InChI=1S/C24H17Br3N2O3/c1-31-22-11-16(10-17(13-28)24(30)29-20-8-6-19(26)7-9-20)21(27)12-23(22)32-14-15-2-4-18(25)5-3-15/h2-12H,14H2,1H3,(H,29,30)/b17-10-. The van der Waals surface area contributed by atoms with Gasteiger partial charge in [-0.15, -0.1) is 0 Å². The summed E-state index contributed by atoms with van der Waals surface area (Å²) in [5, 5.41) is 12.2. The SMILES string of the molecule is COc1cc(/C=C(/C#N)C(=O)Nc2ccc(Br)cc2)c(Br)cc1OCc1ccc(Br)cc1. The second-order valence-electron chi connectivity index (χ2n) is 6.57. The fourth-order valence-corrected chi connectivity index (χ4v) is 3.68. The Bertz CT molecular complexity index is 1180. The van der Waals surface area contributed by atoms with E-state index in [0.29, 0.717) is 33.8 Å². The number of benzene rings is 3. The Balaban J connectivity index is 1.80. The smallest absolute Gasteiger partial charge is 0.266 e. The van der Waals surface area contributed by atoms with E-state index in [1.807, 2.05) is 30.3 Å². The predicted octanol–water partition coefficient (Wildman–Crippen LogP) is 7.11. The molecule has 0 unspecified atom stereocenters. The number of anilines is 1. The first kappa shape index (κ1) is 24.1. The van der Waals surface area contributed by atoms with Crippen LogP contribution in [0, 0.1) is 11.3 Å². The first-order chi connectivity index (χ1) is 15.4. The van der Waals surface area contributed by atoms with Crippen LogP contribution >= 0.6 is 47.8 Å². The first-order valence-electron chi connectivity index (χ1n) is 9.33. The zero-order valence-electron chi connectivity index (χ0n) is 16.9. The predicted molar refractivity (Wildman–Crippen MR) is 136 cm³/mol. The third kappa shape index (κ3) is 6.45. The summed E-state index contributed by atoms with van der Waals surface area (Å²) in [4.78, 5) is 12.6. The molecule has 8 heteroatoms. The fraction of sp³-hybridized carbons (Fsp3) is 0.0833. The van der Waals surface area contributed by atoms with Gasteiger partial charge in [0, 0.05) is 19.1 Å². The van der Waals surface area contributed by atoms with Crippen LogP contribution in [0.3, 0.4) is 0 Å². The average Bonchev–Trinajstić information content (AvgIpc) is 2.79. The van der Waals surface area contributed by atoms with Crippen molar-refractivity contribution in [3.8, 4) is 17.6 Å². The largest absolute Gasteiger partial charge is 0.493 e.